The SMILES string of the molecule is COc1ccc2oc(=O)cc(C[NH+](C)Cc3ccccc3)c2c1. The molecule has 1 heterocycles. The van der Waals surface area contributed by atoms with E-state index >= 15 is 0 Å². The molecule has 1 N–H and O–H groups in total. The first kappa shape index (κ1) is 15.3. The van der Waals surface area contributed by atoms with Crippen LogP contribution in [-0.2, 0) is 13.1 Å². The van der Waals surface area contributed by atoms with Crippen molar-refractivity contribution >= 4 is 11.0 Å². The Labute approximate surface area is 134 Å². The molecule has 118 valence electrons. The van der Waals surface area contributed by atoms with Gasteiger partial charge in [0.2, 0.25) is 0 Å². The Morgan fingerprint density at radius 2 is 1.83 bits per heavy atom. The quantitative estimate of drug-likeness (QED) is 0.733. The summed E-state index contributed by atoms with van der Waals surface area (Å²) < 4.78 is 10.6. The molecule has 0 amide bonds. The fourth-order valence-corrected chi connectivity index (χ4v) is 2.81. The van der Waals surface area contributed by atoms with Gasteiger partial charge in [-0.25, -0.2) is 4.79 Å². The van der Waals surface area contributed by atoms with E-state index in [4.69, 9.17) is 9.15 Å². The van der Waals surface area contributed by atoms with Crippen LogP contribution in [0.3, 0.4) is 0 Å². The zero-order chi connectivity index (χ0) is 16.2. The summed E-state index contributed by atoms with van der Waals surface area (Å²) in [7, 11) is 3.75. The third-order valence-corrected chi connectivity index (χ3v) is 3.88. The molecule has 0 aliphatic carbocycles. The fraction of sp³-hybridized carbons (Fsp3) is 0.211. The zero-order valence-electron chi connectivity index (χ0n) is 13.3. The number of benzene rings is 2. The fourth-order valence-electron chi connectivity index (χ4n) is 2.81. The molecule has 1 unspecified atom stereocenters. The molecular weight excluding hydrogens is 290 g/mol. The largest absolute Gasteiger partial charge is 0.497 e. The van der Waals surface area contributed by atoms with Gasteiger partial charge in [0.05, 0.1) is 14.2 Å². The molecule has 1 atom stereocenters. The normalized spacial score (nSPS) is 12.3. The average molecular weight is 310 g/mol. The minimum Gasteiger partial charge on any atom is -0.497 e. The minimum atomic E-state index is -0.315. The van der Waals surface area contributed by atoms with Crippen LogP contribution in [0.15, 0.2) is 63.8 Å². The molecule has 2 aromatic carbocycles. The number of fused-ring (bicyclic) bond motifs is 1. The lowest BCUT2D eigenvalue weighted by molar-refractivity contribution is -0.907. The summed E-state index contributed by atoms with van der Waals surface area (Å²) in [6, 6.07) is 17.4. The average Bonchev–Trinajstić information content (AvgIpc) is 2.55. The number of hydrogen-bond donors (Lipinski definition) is 1. The van der Waals surface area contributed by atoms with Crippen LogP contribution in [0.5, 0.6) is 5.75 Å². The predicted octanol–water partition coefficient (Wildman–Crippen LogP) is 2.02. The summed E-state index contributed by atoms with van der Waals surface area (Å²) in [6.07, 6.45) is 0. The van der Waals surface area contributed by atoms with Gasteiger partial charge in [-0.05, 0) is 18.2 Å². The summed E-state index contributed by atoms with van der Waals surface area (Å²) in [5.74, 6) is 0.758. The first-order chi connectivity index (χ1) is 11.2. The lowest BCUT2D eigenvalue weighted by atomic mass is 10.1. The number of nitrogens with one attached hydrogen (secondary N) is 1. The highest BCUT2D eigenvalue weighted by molar-refractivity contribution is 5.81. The van der Waals surface area contributed by atoms with Crippen LogP contribution in [0.25, 0.3) is 11.0 Å². The molecule has 3 rings (SSSR count). The van der Waals surface area contributed by atoms with E-state index < -0.39 is 0 Å². The summed E-state index contributed by atoms with van der Waals surface area (Å²) >= 11 is 0. The van der Waals surface area contributed by atoms with Gasteiger partial charge >= 0.3 is 5.63 Å². The maximum atomic E-state index is 11.8. The van der Waals surface area contributed by atoms with E-state index in [9.17, 15) is 4.79 Å². The first-order valence-corrected chi connectivity index (χ1v) is 7.62. The van der Waals surface area contributed by atoms with Crippen molar-refractivity contribution in [3.63, 3.8) is 0 Å². The summed E-state index contributed by atoms with van der Waals surface area (Å²) in [6.45, 7) is 1.64. The second-order valence-electron chi connectivity index (χ2n) is 5.75. The van der Waals surface area contributed by atoms with E-state index in [1.54, 1.807) is 25.3 Å². The molecule has 4 heteroatoms. The molecule has 0 bridgehead atoms. The zero-order valence-corrected chi connectivity index (χ0v) is 13.3. The highest BCUT2D eigenvalue weighted by Crippen LogP contribution is 2.22. The molecule has 23 heavy (non-hydrogen) atoms. The van der Waals surface area contributed by atoms with E-state index in [1.165, 1.54) is 10.5 Å². The van der Waals surface area contributed by atoms with Crippen molar-refractivity contribution in [1.82, 2.24) is 0 Å². The van der Waals surface area contributed by atoms with Crippen LogP contribution in [0.2, 0.25) is 0 Å². The topological polar surface area (TPSA) is 43.9 Å². The summed E-state index contributed by atoms with van der Waals surface area (Å²) in [5, 5.41) is 0.927. The van der Waals surface area contributed by atoms with Gasteiger partial charge in [0.15, 0.2) is 0 Å². The Morgan fingerprint density at radius 3 is 2.57 bits per heavy atom. The summed E-state index contributed by atoms with van der Waals surface area (Å²) in [4.78, 5) is 13.1. The van der Waals surface area contributed by atoms with Gasteiger partial charge in [-0.15, -0.1) is 0 Å². The Morgan fingerprint density at radius 1 is 1.04 bits per heavy atom. The van der Waals surface area contributed by atoms with E-state index in [2.05, 4.69) is 19.2 Å². The van der Waals surface area contributed by atoms with E-state index in [0.717, 1.165) is 29.8 Å². The Kier molecular flexibility index (Phi) is 4.44. The molecule has 0 saturated carbocycles. The van der Waals surface area contributed by atoms with E-state index in [-0.39, 0.29) is 5.63 Å². The smallest absolute Gasteiger partial charge is 0.336 e. The number of methoxy groups -OCH3 is 1. The van der Waals surface area contributed by atoms with Gasteiger partial charge in [0, 0.05) is 22.6 Å². The van der Waals surface area contributed by atoms with Crippen LogP contribution >= 0.6 is 0 Å². The third-order valence-electron chi connectivity index (χ3n) is 3.88. The van der Waals surface area contributed by atoms with E-state index in [0.29, 0.717) is 5.58 Å². The van der Waals surface area contributed by atoms with Crippen LogP contribution in [0.4, 0.5) is 0 Å². The van der Waals surface area contributed by atoms with Crippen molar-refractivity contribution in [2.75, 3.05) is 14.2 Å². The second kappa shape index (κ2) is 6.67. The van der Waals surface area contributed by atoms with Crippen molar-refractivity contribution in [1.29, 1.82) is 0 Å². The number of ether oxygens (including phenoxy) is 1. The number of quaternary nitrogens is 1. The van der Waals surface area contributed by atoms with Crippen molar-refractivity contribution in [2.45, 2.75) is 13.1 Å². The molecule has 0 saturated heterocycles. The first-order valence-electron chi connectivity index (χ1n) is 7.62. The Bertz CT molecular complexity index is 855. The second-order valence-corrected chi connectivity index (χ2v) is 5.75. The minimum absolute atomic E-state index is 0.315. The maximum absolute atomic E-state index is 11.8. The van der Waals surface area contributed by atoms with Crippen LogP contribution in [-0.4, -0.2) is 14.2 Å². The molecule has 3 aromatic rings. The van der Waals surface area contributed by atoms with Crippen LogP contribution in [0.1, 0.15) is 11.1 Å². The van der Waals surface area contributed by atoms with Gasteiger partial charge in [-0.3, -0.25) is 0 Å². The lowest BCUT2D eigenvalue weighted by Crippen LogP contribution is -3.06. The van der Waals surface area contributed by atoms with Gasteiger partial charge in [-0.2, -0.15) is 0 Å². The molecule has 0 aliphatic rings. The van der Waals surface area contributed by atoms with Gasteiger partial charge < -0.3 is 14.1 Å². The van der Waals surface area contributed by atoms with Crippen molar-refractivity contribution < 1.29 is 14.1 Å². The molecule has 0 radical (unpaired) electrons. The maximum Gasteiger partial charge on any atom is 0.336 e. The Hall–Kier alpha value is -2.59. The number of hydrogen-bond acceptors (Lipinski definition) is 3. The monoisotopic (exact) mass is 310 g/mol. The Balaban J connectivity index is 1.90. The van der Waals surface area contributed by atoms with Crippen molar-refractivity contribution in [3.8, 4) is 5.75 Å². The van der Waals surface area contributed by atoms with Gasteiger partial charge in [-0.1, -0.05) is 30.3 Å². The molecule has 0 fully saturated rings. The molecule has 0 aliphatic heterocycles. The highest BCUT2D eigenvalue weighted by atomic mass is 16.5. The number of rotatable bonds is 5. The van der Waals surface area contributed by atoms with Gasteiger partial charge in [0.25, 0.3) is 0 Å². The molecule has 4 nitrogen and oxygen atoms in total. The molecule has 0 spiro atoms. The van der Waals surface area contributed by atoms with Crippen molar-refractivity contribution in [2.24, 2.45) is 0 Å². The standard InChI is InChI=1S/C19H19NO3/c1-20(12-14-6-4-3-5-7-14)13-15-10-19(21)23-18-9-8-16(22-2)11-17(15)18/h3-11H,12-13H2,1-2H3/p+1. The van der Waals surface area contributed by atoms with Gasteiger partial charge in [0.1, 0.15) is 24.4 Å². The van der Waals surface area contributed by atoms with Crippen LogP contribution < -0.4 is 15.3 Å². The lowest BCUT2D eigenvalue weighted by Gasteiger charge is -2.15. The molecule has 1 aromatic heterocycles. The van der Waals surface area contributed by atoms with E-state index in [1.807, 2.05) is 24.3 Å². The third kappa shape index (κ3) is 3.60. The van der Waals surface area contributed by atoms with Crippen molar-refractivity contribution in [3.05, 3.63) is 76.1 Å². The summed E-state index contributed by atoms with van der Waals surface area (Å²) in [5.41, 5.74) is 2.53. The van der Waals surface area contributed by atoms with Crippen LogP contribution in [0, 0.1) is 0 Å². The molecular formula is C19H20NO3+. The highest BCUT2D eigenvalue weighted by Gasteiger charge is 2.12. The predicted molar refractivity (Wildman–Crippen MR) is 89.8 cm³/mol.